The lowest BCUT2D eigenvalue weighted by atomic mass is 10.0. The Balaban J connectivity index is 1.75. The standard InChI is InChI=1S/C29H36N4O7/c1-5-6-10-24(27(35)39-18-19-12-14-21(15-13-19)33(37)38)31-26(34)25(32-28(36)40-29(2,3)4)16-20-17-30-23-11-8-7-9-22(20)23/h7-9,11-15,17,24-25,30H,5-6,10,16,18H2,1-4H3,(H,31,34)(H,32,36). The molecule has 2 amide bonds. The first-order valence-electron chi connectivity index (χ1n) is 13.2. The van der Waals surface area contributed by atoms with Gasteiger partial charge in [-0.3, -0.25) is 14.9 Å². The number of aromatic amines is 1. The van der Waals surface area contributed by atoms with Crippen LogP contribution in [0.15, 0.2) is 54.7 Å². The maximum Gasteiger partial charge on any atom is 0.408 e. The molecule has 0 fully saturated rings. The van der Waals surface area contributed by atoms with E-state index in [1.165, 1.54) is 24.3 Å². The number of unbranched alkanes of at least 4 members (excludes halogenated alkanes) is 1. The van der Waals surface area contributed by atoms with Gasteiger partial charge in [-0.25, -0.2) is 9.59 Å². The second-order valence-corrected chi connectivity index (χ2v) is 10.5. The summed E-state index contributed by atoms with van der Waals surface area (Å²) in [5, 5.41) is 17.2. The summed E-state index contributed by atoms with van der Waals surface area (Å²) in [6.07, 6.45) is 2.98. The highest BCUT2D eigenvalue weighted by molar-refractivity contribution is 5.91. The minimum Gasteiger partial charge on any atom is -0.459 e. The number of nitro groups is 1. The van der Waals surface area contributed by atoms with Crippen molar-refractivity contribution in [1.82, 2.24) is 15.6 Å². The van der Waals surface area contributed by atoms with E-state index in [2.05, 4.69) is 15.6 Å². The Labute approximate surface area is 232 Å². The molecule has 0 aliphatic carbocycles. The Morgan fingerprint density at radius 3 is 2.38 bits per heavy atom. The molecular formula is C29H36N4O7. The van der Waals surface area contributed by atoms with Crippen LogP contribution >= 0.6 is 0 Å². The van der Waals surface area contributed by atoms with Crippen molar-refractivity contribution in [2.45, 2.75) is 77.7 Å². The van der Waals surface area contributed by atoms with Crippen LogP contribution in [0.1, 0.15) is 58.1 Å². The molecule has 0 aliphatic rings. The first-order chi connectivity index (χ1) is 19.0. The number of aromatic nitrogens is 1. The number of ether oxygens (including phenoxy) is 2. The molecule has 0 bridgehead atoms. The molecule has 0 spiro atoms. The van der Waals surface area contributed by atoms with Crippen LogP contribution in [-0.4, -0.2) is 45.6 Å². The molecule has 1 aromatic heterocycles. The largest absolute Gasteiger partial charge is 0.459 e. The number of para-hydroxylation sites is 1. The second kappa shape index (κ2) is 13.6. The van der Waals surface area contributed by atoms with Gasteiger partial charge in [0.15, 0.2) is 0 Å². The van der Waals surface area contributed by atoms with Gasteiger partial charge in [-0.1, -0.05) is 38.0 Å². The molecule has 214 valence electrons. The van der Waals surface area contributed by atoms with E-state index in [1.54, 1.807) is 27.0 Å². The summed E-state index contributed by atoms with van der Waals surface area (Å²) in [5.41, 5.74) is 1.45. The quantitative estimate of drug-likeness (QED) is 0.164. The van der Waals surface area contributed by atoms with Gasteiger partial charge in [0, 0.05) is 35.7 Å². The number of fused-ring (bicyclic) bond motifs is 1. The summed E-state index contributed by atoms with van der Waals surface area (Å²) in [6.45, 7) is 7.03. The van der Waals surface area contributed by atoms with Crippen LogP contribution in [-0.2, 0) is 32.1 Å². The number of carbonyl (C=O) groups excluding carboxylic acids is 3. The average Bonchev–Trinajstić information content (AvgIpc) is 3.31. The summed E-state index contributed by atoms with van der Waals surface area (Å²) < 4.78 is 10.8. The van der Waals surface area contributed by atoms with E-state index in [0.29, 0.717) is 18.4 Å². The fraction of sp³-hybridized carbons (Fsp3) is 0.414. The van der Waals surface area contributed by atoms with Crippen LogP contribution in [0, 0.1) is 10.1 Å². The number of esters is 1. The van der Waals surface area contributed by atoms with Crippen molar-refractivity contribution >= 4 is 34.6 Å². The number of nitro benzene ring substituents is 1. The molecule has 3 rings (SSSR count). The molecule has 40 heavy (non-hydrogen) atoms. The molecule has 0 saturated heterocycles. The van der Waals surface area contributed by atoms with Crippen molar-refractivity contribution in [3.63, 3.8) is 0 Å². The summed E-state index contributed by atoms with van der Waals surface area (Å²) in [5.74, 6) is -1.19. The van der Waals surface area contributed by atoms with E-state index >= 15 is 0 Å². The van der Waals surface area contributed by atoms with Gasteiger partial charge in [-0.2, -0.15) is 0 Å². The molecule has 2 atom stereocenters. The number of benzene rings is 2. The maximum atomic E-state index is 13.5. The zero-order valence-electron chi connectivity index (χ0n) is 23.2. The number of alkyl carbamates (subject to hydrolysis) is 1. The third kappa shape index (κ3) is 8.82. The summed E-state index contributed by atoms with van der Waals surface area (Å²) >= 11 is 0. The first kappa shape index (κ1) is 30.1. The van der Waals surface area contributed by atoms with E-state index in [1.807, 2.05) is 31.2 Å². The number of hydrogen-bond donors (Lipinski definition) is 3. The number of nitrogens with one attached hydrogen (secondary N) is 3. The Hall–Kier alpha value is -4.41. The predicted molar refractivity (Wildman–Crippen MR) is 150 cm³/mol. The third-order valence-electron chi connectivity index (χ3n) is 6.08. The zero-order valence-corrected chi connectivity index (χ0v) is 23.2. The zero-order chi connectivity index (χ0) is 29.3. The van der Waals surface area contributed by atoms with Crippen molar-refractivity contribution in [3.8, 4) is 0 Å². The Morgan fingerprint density at radius 1 is 1.02 bits per heavy atom. The van der Waals surface area contributed by atoms with Gasteiger partial charge in [0.1, 0.15) is 24.3 Å². The molecule has 2 aromatic carbocycles. The highest BCUT2D eigenvalue weighted by Gasteiger charge is 2.30. The van der Waals surface area contributed by atoms with Gasteiger partial charge in [-0.05, 0) is 56.5 Å². The molecule has 1 heterocycles. The lowest BCUT2D eigenvalue weighted by Crippen LogP contribution is -2.53. The molecule has 0 aliphatic heterocycles. The van der Waals surface area contributed by atoms with E-state index in [9.17, 15) is 24.5 Å². The van der Waals surface area contributed by atoms with Crippen LogP contribution in [0.3, 0.4) is 0 Å². The van der Waals surface area contributed by atoms with Crippen molar-refractivity contribution in [2.75, 3.05) is 0 Å². The number of H-pyrrole nitrogens is 1. The highest BCUT2D eigenvalue weighted by atomic mass is 16.6. The maximum absolute atomic E-state index is 13.5. The lowest BCUT2D eigenvalue weighted by Gasteiger charge is -2.25. The van der Waals surface area contributed by atoms with Gasteiger partial charge in [0.05, 0.1) is 4.92 Å². The van der Waals surface area contributed by atoms with Crippen LogP contribution in [0.25, 0.3) is 10.9 Å². The average molecular weight is 553 g/mol. The Morgan fingerprint density at radius 2 is 1.73 bits per heavy atom. The van der Waals surface area contributed by atoms with Gasteiger partial charge in [0.25, 0.3) is 5.69 Å². The lowest BCUT2D eigenvalue weighted by molar-refractivity contribution is -0.384. The molecule has 3 aromatic rings. The van der Waals surface area contributed by atoms with Gasteiger partial charge in [0.2, 0.25) is 5.91 Å². The van der Waals surface area contributed by atoms with Crippen molar-refractivity contribution < 1.29 is 28.8 Å². The highest BCUT2D eigenvalue weighted by Crippen LogP contribution is 2.20. The van der Waals surface area contributed by atoms with Gasteiger partial charge < -0.3 is 25.1 Å². The first-order valence-corrected chi connectivity index (χ1v) is 13.2. The fourth-order valence-electron chi connectivity index (χ4n) is 4.08. The topological polar surface area (TPSA) is 153 Å². The normalized spacial score (nSPS) is 12.8. The van der Waals surface area contributed by atoms with Crippen LogP contribution in [0.4, 0.5) is 10.5 Å². The van der Waals surface area contributed by atoms with Crippen molar-refractivity contribution in [1.29, 1.82) is 0 Å². The predicted octanol–water partition coefficient (Wildman–Crippen LogP) is 4.93. The summed E-state index contributed by atoms with van der Waals surface area (Å²) in [7, 11) is 0. The smallest absolute Gasteiger partial charge is 0.408 e. The number of non-ortho nitro benzene ring substituents is 1. The van der Waals surface area contributed by atoms with Gasteiger partial charge >= 0.3 is 12.1 Å². The molecule has 0 radical (unpaired) electrons. The molecule has 2 unspecified atom stereocenters. The molecular weight excluding hydrogens is 516 g/mol. The summed E-state index contributed by atoms with van der Waals surface area (Å²) in [6, 6.07) is 11.3. The SMILES string of the molecule is CCCCC(NC(=O)C(Cc1c[nH]c2ccccc12)NC(=O)OC(C)(C)C)C(=O)OCc1ccc([N+](=O)[O-])cc1. The molecule has 3 N–H and O–H groups in total. The van der Waals surface area contributed by atoms with E-state index in [0.717, 1.165) is 22.9 Å². The van der Waals surface area contributed by atoms with Crippen molar-refractivity contribution in [3.05, 3.63) is 76.0 Å². The molecule has 0 saturated carbocycles. The third-order valence-corrected chi connectivity index (χ3v) is 6.08. The number of amides is 2. The Kier molecular flexibility index (Phi) is 10.2. The number of carbonyl (C=O) groups is 3. The minimum absolute atomic E-state index is 0.0677. The fourth-order valence-corrected chi connectivity index (χ4v) is 4.08. The number of nitrogens with zero attached hydrogens (tertiary/aromatic N) is 1. The molecule has 11 nitrogen and oxygen atoms in total. The van der Waals surface area contributed by atoms with E-state index in [4.69, 9.17) is 9.47 Å². The minimum atomic E-state index is -1.03. The van der Waals surface area contributed by atoms with Crippen LogP contribution in [0.2, 0.25) is 0 Å². The number of rotatable bonds is 12. The monoisotopic (exact) mass is 552 g/mol. The number of hydrogen-bond acceptors (Lipinski definition) is 7. The molecule has 11 heteroatoms. The van der Waals surface area contributed by atoms with Crippen molar-refractivity contribution in [2.24, 2.45) is 0 Å². The van der Waals surface area contributed by atoms with Gasteiger partial charge in [-0.15, -0.1) is 0 Å². The second-order valence-electron chi connectivity index (χ2n) is 10.5. The van der Waals surface area contributed by atoms with E-state index < -0.39 is 40.6 Å². The van der Waals surface area contributed by atoms with Crippen LogP contribution < -0.4 is 10.6 Å². The Bertz CT molecular complexity index is 1330. The van der Waals surface area contributed by atoms with Crippen LogP contribution in [0.5, 0.6) is 0 Å². The summed E-state index contributed by atoms with van der Waals surface area (Å²) in [4.78, 5) is 52.6. The van der Waals surface area contributed by atoms with E-state index in [-0.39, 0.29) is 18.7 Å².